The second-order valence-electron chi connectivity index (χ2n) is 4.36. The minimum atomic E-state index is -1.31. The Labute approximate surface area is 121 Å². The highest BCUT2D eigenvalue weighted by molar-refractivity contribution is 9.09. The van der Waals surface area contributed by atoms with Crippen molar-refractivity contribution in [2.75, 3.05) is 16.8 Å². The molecule has 0 aliphatic carbocycles. The van der Waals surface area contributed by atoms with Gasteiger partial charge in [-0.15, -0.1) is 0 Å². The van der Waals surface area contributed by atoms with E-state index in [-0.39, 0.29) is 29.6 Å². The van der Waals surface area contributed by atoms with Crippen LogP contribution in [-0.2, 0) is 4.79 Å². The molecule has 20 heavy (non-hydrogen) atoms. The molecule has 9 heteroatoms. The molecule has 1 N–H and O–H groups in total. The van der Waals surface area contributed by atoms with Gasteiger partial charge in [0.1, 0.15) is 0 Å². The molecule has 1 fully saturated rings. The first kappa shape index (κ1) is 14.4. The van der Waals surface area contributed by atoms with Crippen LogP contribution >= 0.6 is 15.9 Å². The molecule has 0 radical (unpaired) electrons. The number of alkyl halides is 1. The minimum absolute atomic E-state index is 0.0584. The van der Waals surface area contributed by atoms with E-state index in [2.05, 4.69) is 20.9 Å². The molecular weight excluding hydrogens is 334 g/mol. The second-order valence-corrected chi connectivity index (χ2v) is 5.01. The predicted octanol–water partition coefficient (Wildman–Crippen LogP) is 1.44. The lowest BCUT2D eigenvalue weighted by Gasteiger charge is -2.15. The molecule has 0 spiro atoms. The highest BCUT2D eigenvalue weighted by Crippen LogP contribution is 2.32. The monoisotopic (exact) mass is 343 g/mol. The highest BCUT2D eigenvalue weighted by Gasteiger charge is 2.35. The van der Waals surface area contributed by atoms with Gasteiger partial charge in [-0.3, -0.25) is 19.8 Å². The van der Waals surface area contributed by atoms with Crippen molar-refractivity contribution in [1.82, 2.24) is 4.98 Å². The van der Waals surface area contributed by atoms with Crippen LogP contribution in [0, 0.1) is 16.0 Å². The maximum atomic E-state index is 11.9. The molecule has 106 valence electrons. The number of nitrogens with zero attached hydrogens (tertiary/aromatic N) is 3. The number of aromatic nitrogens is 1. The summed E-state index contributed by atoms with van der Waals surface area (Å²) in [4.78, 5) is 38.0. The Bertz CT molecular complexity index is 591. The molecule has 1 aliphatic heterocycles. The van der Waals surface area contributed by atoms with E-state index in [0.717, 1.165) is 12.3 Å². The highest BCUT2D eigenvalue weighted by atomic mass is 79.9. The van der Waals surface area contributed by atoms with Crippen molar-refractivity contribution < 1.29 is 19.6 Å². The van der Waals surface area contributed by atoms with Gasteiger partial charge >= 0.3 is 11.7 Å². The zero-order chi connectivity index (χ0) is 14.9. The summed E-state index contributed by atoms with van der Waals surface area (Å²) in [5.41, 5.74) is -0.766. The van der Waals surface area contributed by atoms with E-state index in [1.54, 1.807) is 0 Å². The van der Waals surface area contributed by atoms with Gasteiger partial charge in [0.25, 0.3) is 0 Å². The molecule has 1 saturated heterocycles. The molecular formula is C11H10BrN3O5. The fourth-order valence-corrected chi connectivity index (χ4v) is 2.43. The number of rotatable bonds is 4. The molecule has 1 atom stereocenters. The van der Waals surface area contributed by atoms with Crippen LogP contribution in [0.1, 0.15) is 16.8 Å². The number of pyridine rings is 1. The summed E-state index contributed by atoms with van der Waals surface area (Å²) >= 11 is 3.27. The van der Waals surface area contributed by atoms with Crippen molar-refractivity contribution in [3.05, 3.63) is 27.9 Å². The number of amides is 1. The number of carboxylic acids is 1. The van der Waals surface area contributed by atoms with Gasteiger partial charge in [0.05, 0.1) is 10.5 Å². The molecule has 1 amide bonds. The standard InChI is InChI=1S/C11H10BrN3O5/c12-3-6-1-9(16)14(5-6)10-8(15(19)20)2-7(4-13-10)11(17)18/h2,4,6H,1,3,5H2,(H,17,18). The van der Waals surface area contributed by atoms with E-state index in [9.17, 15) is 19.7 Å². The zero-order valence-electron chi connectivity index (χ0n) is 10.2. The summed E-state index contributed by atoms with van der Waals surface area (Å²) in [6.07, 6.45) is 1.30. The summed E-state index contributed by atoms with van der Waals surface area (Å²) in [5.74, 6) is -1.61. The first-order chi connectivity index (χ1) is 9.43. The van der Waals surface area contributed by atoms with Crippen LogP contribution in [0.2, 0.25) is 0 Å². The summed E-state index contributed by atoms with van der Waals surface area (Å²) < 4.78 is 0. The van der Waals surface area contributed by atoms with Crippen LogP contribution in [0.3, 0.4) is 0 Å². The molecule has 1 aromatic rings. The number of carboxylic acid groups (broad SMARTS) is 1. The first-order valence-corrected chi connectivity index (χ1v) is 6.80. The van der Waals surface area contributed by atoms with E-state index in [1.807, 2.05) is 0 Å². The van der Waals surface area contributed by atoms with E-state index in [1.165, 1.54) is 4.90 Å². The lowest BCUT2D eigenvalue weighted by molar-refractivity contribution is -0.384. The van der Waals surface area contributed by atoms with Gasteiger partial charge in [-0.2, -0.15) is 0 Å². The minimum Gasteiger partial charge on any atom is -0.478 e. The van der Waals surface area contributed by atoms with Gasteiger partial charge in [0, 0.05) is 30.6 Å². The Morgan fingerprint density at radius 3 is 2.85 bits per heavy atom. The van der Waals surface area contributed by atoms with Crippen molar-refractivity contribution in [1.29, 1.82) is 0 Å². The van der Waals surface area contributed by atoms with Gasteiger partial charge in [-0.1, -0.05) is 15.9 Å². The number of hydrogen-bond donors (Lipinski definition) is 1. The van der Waals surface area contributed by atoms with Gasteiger partial charge < -0.3 is 5.11 Å². The second kappa shape index (κ2) is 5.53. The van der Waals surface area contributed by atoms with E-state index in [0.29, 0.717) is 11.9 Å². The number of nitro groups is 1. The quantitative estimate of drug-likeness (QED) is 0.502. The van der Waals surface area contributed by atoms with Crippen molar-refractivity contribution in [2.45, 2.75) is 6.42 Å². The number of carbonyl (C=O) groups is 2. The molecule has 0 saturated carbocycles. The van der Waals surface area contributed by atoms with E-state index in [4.69, 9.17) is 5.11 Å². The molecule has 8 nitrogen and oxygen atoms in total. The summed E-state index contributed by atoms with van der Waals surface area (Å²) in [6.45, 7) is 0.324. The lowest BCUT2D eigenvalue weighted by Crippen LogP contribution is -2.26. The SMILES string of the molecule is O=C(O)c1cnc(N2CC(CBr)CC2=O)c([N+](=O)[O-])c1. The Balaban J connectivity index is 2.44. The first-order valence-electron chi connectivity index (χ1n) is 5.68. The van der Waals surface area contributed by atoms with Crippen LogP contribution in [0.5, 0.6) is 0 Å². The third-order valence-electron chi connectivity index (χ3n) is 2.97. The van der Waals surface area contributed by atoms with Crippen LogP contribution in [0.4, 0.5) is 11.5 Å². The van der Waals surface area contributed by atoms with E-state index >= 15 is 0 Å². The normalized spacial score (nSPS) is 18.4. The smallest absolute Gasteiger partial charge is 0.337 e. The molecule has 2 heterocycles. The van der Waals surface area contributed by atoms with Gasteiger partial charge in [-0.05, 0) is 5.92 Å². The third-order valence-corrected chi connectivity index (χ3v) is 3.89. The number of anilines is 1. The summed E-state index contributed by atoms with van der Waals surface area (Å²) in [5, 5.41) is 20.5. The Morgan fingerprint density at radius 1 is 1.65 bits per heavy atom. The predicted molar refractivity (Wildman–Crippen MR) is 72.1 cm³/mol. The fourth-order valence-electron chi connectivity index (χ4n) is 1.99. The van der Waals surface area contributed by atoms with Crippen molar-refractivity contribution >= 4 is 39.3 Å². The number of hydrogen-bond acceptors (Lipinski definition) is 5. The third kappa shape index (κ3) is 2.62. The summed E-state index contributed by atoms with van der Waals surface area (Å²) in [6, 6.07) is 0.916. The number of aromatic carboxylic acids is 1. The maximum Gasteiger partial charge on any atom is 0.337 e. The Morgan fingerprint density at radius 2 is 2.35 bits per heavy atom. The summed E-state index contributed by atoms with van der Waals surface area (Å²) in [7, 11) is 0. The van der Waals surface area contributed by atoms with Crippen molar-refractivity contribution in [3.8, 4) is 0 Å². The van der Waals surface area contributed by atoms with Crippen LogP contribution in [0.15, 0.2) is 12.3 Å². The average Bonchev–Trinajstić information content (AvgIpc) is 2.79. The number of halogens is 1. The zero-order valence-corrected chi connectivity index (χ0v) is 11.7. The lowest BCUT2D eigenvalue weighted by atomic mass is 10.2. The topological polar surface area (TPSA) is 114 Å². The van der Waals surface area contributed by atoms with Crippen LogP contribution < -0.4 is 4.90 Å². The Hall–Kier alpha value is -2.03. The molecule has 1 aliphatic rings. The largest absolute Gasteiger partial charge is 0.478 e. The fraction of sp³-hybridized carbons (Fsp3) is 0.364. The van der Waals surface area contributed by atoms with Gasteiger partial charge in [-0.25, -0.2) is 9.78 Å². The number of carbonyl (C=O) groups excluding carboxylic acids is 1. The van der Waals surface area contributed by atoms with Gasteiger partial charge in [0.15, 0.2) is 0 Å². The van der Waals surface area contributed by atoms with E-state index < -0.39 is 16.6 Å². The molecule has 1 aromatic heterocycles. The average molecular weight is 344 g/mol. The molecule has 2 rings (SSSR count). The molecule has 0 aromatic carbocycles. The molecule has 0 bridgehead atoms. The Kier molecular flexibility index (Phi) is 3.98. The van der Waals surface area contributed by atoms with Crippen molar-refractivity contribution in [2.24, 2.45) is 5.92 Å². The van der Waals surface area contributed by atoms with Gasteiger partial charge in [0.2, 0.25) is 11.7 Å². The molecule has 1 unspecified atom stereocenters. The van der Waals surface area contributed by atoms with Crippen LogP contribution in [-0.4, -0.2) is 38.8 Å². The van der Waals surface area contributed by atoms with Crippen molar-refractivity contribution in [3.63, 3.8) is 0 Å². The maximum absolute atomic E-state index is 11.9. The van der Waals surface area contributed by atoms with Crippen LogP contribution in [0.25, 0.3) is 0 Å².